The van der Waals surface area contributed by atoms with E-state index in [1.165, 1.54) is 6.92 Å². The average molecular weight is 637 g/mol. The molecular formula is C30H42ClFN4O6Si. The third-order valence-corrected chi connectivity index (χ3v) is 14.3. The first-order chi connectivity index (χ1) is 19.7. The highest BCUT2D eigenvalue weighted by atomic mass is 35.5. The zero-order valence-electron chi connectivity index (χ0n) is 26.6. The molecule has 2 aromatic heterocycles. The van der Waals surface area contributed by atoms with Crippen LogP contribution in [0.4, 0.5) is 15.0 Å². The topological polar surface area (TPSA) is 114 Å². The van der Waals surface area contributed by atoms with Gasteiger partial charge in [-0.25, -0.2) is 19.0 Å². The number of carboxylic acids is 1. The number of aromatic carboxylic acids is 1. The maximum absolute atomic E-state index is 15.6. The number of ether oxygens (including phenoxy) is 2. The maximum atomic E-state index is 15.6. The summed E-state index contributed by atoms with van der Waals surface area (Å²) in [4.78, 5) is 39.0. The second-order valence-electron chi connectivity index (χ2n) is 14.7. The highest BCUT2D eigenvalue weighted by Gasteiger charge is 2.61. The zero-order valence-corrected chi connectivity index (χ0v) is 28.3. The summed E-state index contributed by atoms with van der Waals surface area (Å²) in [5, 5.41) is 9.88. The van der Waals surface area contributed by atoms with E-state index in [1.54, 1.807) is 0 Å². The Balaban J connectivity index is 1.72. The Hall–Kier alpha value is -2.70. The van der Waals surface area contributed by atoms with Gasteiger partial charge in [0.2, 0.25) is 5.88 Å². The Bertz CT molecular complexity index is 1510. The third-order valence-electron chi connectivity index (χ3n) is 9.55. The quantitative estimate of drug-likeness (QED) is 0.294. The number of piperazine rings is 1. The summed E-state index contributed by atoms with van der Waals surface area (Å²) in [7, 11) is -2.25. The lowest BCUT2D eigenvalue weighted by Crippen LogP contribution is -2.72. The van der Waals surface area contributed by atoms with E-state index in [4.69, 9.17) is 25.5 Å². The number of pyridine rings is 2. The van der Waals surface area contributed by atoms with Gasteiger partial charge in [-0.15, -0.1) is 0 Å². The number of aryl methyl sites for hydroxylation is 1. The van der Waals surface area contributed by atoms with Gasteiger partial charge in [0.05, 0.1) is 29.6 Å². The van der Waals surface area contributed by atoms with Crippen LogP contribution >= 0.6 is 11.6 Å². The molecule has 0 spiro atoms. The van der Waals surface area contributed by atoms with Crippen molar-refractivity contribution >= 4 is 48.6 Å². The predicted octanol–water partition coefficient (Wildman–Crippen LogP) is 6.56. The SMILES string of the molecule is Cc1c(C(=O)O)nc2c3c(nc(Cl)c(F)c13)O[C@@H](C)[C@@H]1[C@@H]3CC[C@](CO[Si](C)(C)C(C)(C)C)(CN21)N3C(=O)OC(C)(C)C. The summed E-state index contributed by atoms with van der Waals surface area (Å²) >= 11 is 6.21. The molecule has 0 radical (unpaired) electrons. The molecule has 0 aliphatic carbocycles. The van der Waals surface area contributed by atoms with Crippen molar-refractivity contribution in [3.05, 3.63) is 22.2 Å². The monoisotopic (exact) mass is 636 g/mol. The van der Waals surface area contributed by atoms with Crippen molar-refractivity contribution in [2.45, 2.75) is 116 Å². The fraction of sp³-hybridized carbons (Fsp3) is 0.667. The molecule has 1 N–H and O–H groups in total. The molecule has 2 bridgehead atoms. The van der Waals surface area contributed by atoms with E-state index in [2.05, 4.69) is 43.8 Å². The highest BCUT2D eigenvalue weighted by Crippen LogP contribution is 2.51. The van der Waals surface area contributed by atoms with E-state index in [1.807, 2.05) is 37.5 Å². The normalized spacial score (nSPS) is 25.3. The van der Waals surface area contributed by atoms with Gasteiger partial charge in [-0.3, -0.25) is 4.90 Å². The van der Waals surface area contributed by atoms with Crippen LogP contribution in [0.25, 0.3) is 10.8 Å². The van der Waals surface area contributed by atoms with Crippen molar-refractivity contribution in [1.82, 2.24) is 14.9 Å². The second-order valence-corrected chi connectivity index (χ2v) is 19.8. The van der Waals surface area contributed by atoms with E-state index >= 15 is 4.39 Å². The lowest BCUT2D eigenvalue weighted by molar-refractivity contribution is -0.0328. The summed E-state index contributed by atoms with van der Waals surface area (Å²) < 4.78 is 34.7. The van der Waals surface area contributed by atoms with Gasteiger partial charge in [-0.2, -0.15) is 4.98 Å². The molecule has 43 heavy (non-hydrogen) atoms. The van der Waals surface area contributed by atoms with Crippen LogP contribution in [0.3, 0.4) is 0 Å². The summed E-state index contributed by atoms with van der Waals surface area (Å²) in [6.07, 6.45) is 0.274. The summed E-state index contributed by atoms with van der Waals surface area (Å²) in [6.45, 7) is 20.2. The number of carbonyl (C=O) groups is 2. The molecule has 13 heteroatoms. The number of halogens is 2. The second kappa shape index (κ2) is 10.2. The zero-order chi connectivity index (χ0) is 32.0. The number of anilines is 1. The van der Waals surface area contributed by atoms with Gasteiger partial charge in [-0.05, 0) is 71.2 Å². The minimum atomic E-state index is -2.25. The maximum Gasteiger partial charge on any atom is 0.411 e. The van der Waals surface area contributed by atoms with Crippen molar-refractivity contribution in [2.24, 2.45) is 0 Å². The Morgan fingerprint density at radius 1 is 1.19 bits per heavy atom. The van der Waals surface area contributed by atoms with Gasteiger partial charge in [0.15, 0.2) is 25.0 Å². The molecule has 4 atom stereocenters. The largest absolute Gasteiger partial charge is 0.477 e. The van der Waals surface area contributed by atoms with Gasteiger partial charge in [0.25, 0.3) is 0 Å². The highest BCUT2D eigenvalue weighted by molar-refractivity contribution is 6.74. The number of hydrogen-bond donors (Lipinski definition) is 1. The molecule has 0 saturated carbocycles. The third kappa shape index (κ3) is 5.12. The summed E-state index contributed by atoms with van der Waals surface area (Å²) in [5.41, 5.74) is -1.69. The van der Waals surface area contributed by atoms with Crippen molar-refractivity contribution in [2.75, 3.05) is 18.1 Å². The molecule has 10 nitrogen and oxygen atoms in total. The smallest absolute Gasteiger partial charge is 0.411 e. The number of fused-ring (bicyclic) bond motifs is 5. The van der Waals surface area contributed by atoms with Crippen molar-refractivity contribution < 1.29 is 33.0 Å². The molecule has 1 amide bonds. The van der Waals surface area contributed by atoms with Crippen LogP contribution in [0.15, 0.2) is 0 Å². The minimum Gasteiger partial charge on any atom is -0.477 e. The van der Waals surface area contributed by atoms with Crippen LogP contribution < -0.4 is 9.64 Å². The average Bonchev–Trinajstić information content (AvgIpc) is 3.07. The fourth-order valence-electron chi connectivity index (χ4n) is 6.45. The van der Waals surface area contributed by atoms with Crippen molar-refractivity contribution in [3.63, 3.8) is 0 Å². The Morgan fingerprint density at radius 2 is 1.84 bits per heavy atom. The molecule has 5 rings (SSSR count). The fourth-order valence-corrected chi connectivity index (χ4v) is 7.69. The van der Waals surface area contributed by atoms with Crippen molar-refractivity contribution in [1.29, 1.82) is 0 Å². The van der Waals surface area contributed by atoms with Crippen LogP contribution in [0, 0.1) is 12.7 Å². The number of hydrogen-bond acceptors (Lipinski definition) is 8. The summed E-state index contributed by atoms with van der Waals surface area (Å²) in [6, 6.07) is -0.852. The molecule has 2 aromatic rings. The molecular weight excluding hydrogens is 595 g/mol. The van der Waals surface area contributed by atoms with E-state index < -0.39 is 54.6 Å². The number of carboxylic acid groups (broad SMARTS) is 1. The van der Waals surface area contributed by atoms with E-state index in [0.29, 0.717) is 12.8 Å². The van der Waals surface area contributed by atoms with Gasteiger partial charge in [-0.1, -0.05) is 32.4 Å². The molecule has 2 saturated heterocycles. The Labute approximate surface area is 258 Å². The van der Waals surface area contributed by atoms with E-state index in [-0.39, 0.29) is 58.0 Å². The minimum absolute atomic E-state index is 0.0127. The van der Waals surface area contributed by atoms with E-state index in [9.17, 15) is 14.7 Å². The van der Waals surface area contributed by atoms with Crippen LogP contribution in [-0.4, -0.2) is 82.8 Å². The van der Waals surface area contributed by atoms with Gasteiger partial charge in [0, 0.05) is 11.9 Å². The van der Waals surface area contributed by atoms with Crippen LogP contribution in [0.5, 0.6) is 5.88 Å². The number of nitrogens with zero attached hydrogens (tertiary/aromatic N) is 4. The number of carbonyl (C=O) groups excluding carboxylic acids is 1. The van der Waals surface area contributed by atoms with Crippen LogP contribution in [0.2, 0.25) is 23.3 Å². The standard InChI is InChI=1S/C30H42ClFN4O6Si/c1-15-18-19-24(33-21(15)26(37)38)35-13-30(14-40-43(9,10)29(6,7)8)12-11-17(36(30)27(39)42-28(3,4)5)22(35)16(2)41-25(19)34-23(31)20(18)32/h16-17,22H,11-14H2,1-10H3,(H,37,38)/t16-,17-,22+,30+/m0/s1. The van der Waals surface area contributed by atoms with Crippen LogP contribution in [0.1, 0.15) is 77.4 Å². The molecule has 3 aliphatic rings. The molecule has 236 valence electrons. The summed E-state index contributed by atoms with van der Waals surface area (Å²) in [5.74, 6) is -1.79. The van der Waals surface area contributed by atoms with E-state index in [0.717, 1.165) is 0 Å². The number of amides is 1. The molecule has 0 unspecified atom stereocenters. The first kappa shape index (κ1) is 31.7. The Kier molecular flexibility index (Phi) is 7.50. The first-order valence-corrected chi connectivity index (χ1v) is 18.0. The molecule has 5 heterocycles. The molecule has 0 aromatic carbocycles. The van der Waals surface area contributed by atoms with Crippen molar-refractivity contribution in [3.8, 4) is 5.88 Å². The number of rotatable bonds is 4. The van der Waals surface area contributed by atoms with Gasteiger partial charge >= 0.3 is 12.1 Å². The van der Waals surface area contributed by atoms with Gasteiger partial charge in [0.1, 0.15) is 17.5 Å². The lowest BCUT2D eigenvalue weighted by Gasteiger charge is -2.54. The van der Waals surface area contributed by atoms with Gasteiger partial charge < -0.3 is 23.9 Å². The number of aromatic nitrogens is 2. The first-order valence-electron chi connectivity index (χ1n) is 14.7. The lowest BCUT2D eigenvalue weighted by atomic mass is 9.92. The molecule has 2 fully saturated rings. The molecule has 3 aliphatic heterocycles. The Morgan fingerprint density at radius 3 is 2.42 bits per heavy atom. The predicted molar refractivity (Wildman–Crippen MR) is 164 cm³/mol. The van der Waals surface area contributed by atoms with Crippen LogP contribution in [-0.2, 0) is 9.16 Å².